The minimum atomic E-state index is 0.299. The van der Waals surface area contributed by atoms with Gasteiger partial charge in [0, 0.05) is 10.8 Å². The Bertz CT molecular complexity index is 304. The van der Waals surface area contributed by atoms with Crippen LogP contribution in [0.15, 0.2) is 10.8 Å². The van der Waals surface area contributed by atoms with Crippen molar-refractivity contribution in [2.45, 2.75) is 50.7 Å². The summed E-state index contributed by atoms with van der Waals surface area (Å²) in [4.78, 5) is 0. The molecular formula is C12H16O2S. The third-order valence-electron chi connectivity index (χ3n) is 3.29. The number of thiophene rings is 1. The number of fused-ring (bicyclic) bond motifs is 2. The van der Waals surface area contributed by atoms with Gasteiger partial charge in [-0.25, -0.2) is 0 Å². The second-order valence-corrected chi connectivity index (χ2v) is 5.15. The second-order valence-electron chi connectivity index (χ2n) is 4.40. The smallest absolute Gasteiger partial charge is 0.172 e. The van der Waals surface area contributed by atoms with Gasteiger partial charge in [0.15, 0.2) is 11.5 Å². The summed E-state index contributed by atoms with van der Waals surface area (Å²) in [6.45, 7) is 0. The van der Waals surface area contributed by atoms with E-state index in [0.29, 0.717) is 12.2 Å². The van der Waals surface area contributed by atoms with Crippen LogP contribution in [-0.2, 0) is 0 Å². The van der Waals surface area contributed by atoms with Crippen LogP contribution in [0.5, 0.6) is 11.5 Å². The molecule has 3 heteroatoms. The van der Waals surface area contributed by atoms with Gasteiger partial charge >= 0.3 is 0 Å². The van der Waals surface area contributed by atoms with Gasteiger partial charge in [-0.2, -0.15) is 0 Å². The fourth-order valence-electron chi connectivity index (χ4n) is 2.46. The largest absolute Gasteiger partial charge is 0.482 e. The van der Waals surface area contributed by atoms with Gasteiger partial charge in [0.1, 0.15) is 12.2 Å². The maximum atomic E-state index is 6.00. The molecule has 1 aliphatic heterocycles. The van der Waals surface area contributed by atoms with E-state index in [1.54, 1.807) is 11.3 Å². The standard InChI is InChI=1S/C12H16O2S/c1-2-4-6-10-9(5-3-1)13-11-7-15-8-12(11)14-10/h7-10H,1-6H2. The summed E-state index contributed by atoms with van der Waals surface area (Å²) in [6.07, 6.45) is 8.17. The molecule has 0 saturated heterocycles. The van der Waals surface area contributed by atoms with Gasteiger partial charge in [0.2, 0.25) is 0 Å². The third kappa shape index (κ3) is 1.85. The van der Waals surface area contributed by atoms with E-state index in [0.717, 1.165) is 24.3 Å². The number of hydrogen-bond donors (Lipinski definition) is 0. The van der Waals surface area contributed by atoms with Crippen LogP contribution in [0.1, 0.15) is 38.5 Å². The Morgan fingerprint density at radius 3 is 1.93 bits per heavy atom. The summed E-state index contributed by atoms with van der Waals surface area (Å²) >= 11 is 1.66. The third-order valence-corrected chi connectivity index (χ3v) is 3.99. The summed E-state index contributed by atoms with van der Waals surface area (Å²) in [7, 11) is 0. The predicted molar refractivity (Wildman–Crippen MR) is 60.9 cm³/mol. The lowest BCUT2D eigenvalue weighted by Gasteiger charge is -2.34. The van der Waals surface area contributed by atoms with Gasteiger partial charge in [-0.05, 0) is 25.7 Å². The van der Waals surface area contributed by atoms with Crippen LogP contribution in [0, 0.1) is 0 Å². The molecule has 1 aliphatic carbocycles. The molecule has 0 amide bonds. The summed E-state index contributed by atoms with van der Waals surface area (Å²) in [5.41, 5.74) is 0. The van der Waals surface area contributed by atoms with E-state index < -0.39 is 0 Å². The summed E-state index contributed by atoms with van der Waals surface area (Å²) in [6, 6.07) is 0. The molecule has 1 aromatic rings. The maximum Gasteiger partial charge on any atom is 0.172 e. The first-order chi connectivity index (χ1) is 7.43. The van der Waals surface area contributed by atoms with Gasteiger partial charge in [0.05, 0.1) is 0 Å². The first-order valence-corrected chi connectivity index (χ1v) is 6.77. The van der Waals surface area contributed by atoms with E-state index in [1.165, 1.54) is 25.7 Å². The van der Waals surface area contributed by atoms with Crippen molar-refractivity contribution < 1.29 is 9.47 Å². The zero-order chi connectivity index (χ0) is 10.1. The molecule has 1 fully saturated rings. The molecule has 1 saturated carbocycles. The summed E-state index contributed by atoms with van der Waals surface area (Å²) < 4.78 is 12.0. The van der Waals surface area contributed by atoms with Gasteiger partial charge in [-0.15, -0.1) is 11.3 Å². The second kappa shape index (κ2) is 4.05. The highest BCUT2D eigenvalue weighted by atomic mass is 32.1. The number of rotatable bonds is 0. The zero-order valence-electron chi connectivity index (χ0n) is 8.78. The Morgan fingerprint density at radius 1 is 0.867 bits per heavy atom. The highest BCUT2D eigenvalue weighted by molar-refractivity contribution is 7.08. The van der Waals surface area contributed by atoms with Crippen molar-refractivity contribution in [1.29, 1.82) is 0 Å². The molecule has 2 unspecified atom stereocenters. The quantitative estimate of drug-likeness (QED) is 0.670. The van der Waals surface area contributed by atoms with Crippen LogP contribution in [0.3, 0.4) is 0 Å². The highest BCUT2D eigenvalue weighted by Crippen LogP contribution is 2.40. The Hall–Kier alpha value is -0.700. The average Bonchev–Trinajstić information content (AvgIpc) is 2.64. The molecule has 82 valence electrons. The monoisotopic (exact) mass is 224 g/mol. The van der Waals surface area contributed by atoms with Crippen LogP contribution in [0.2, 0.25) is 0 Å². The van der Waals surface area contributed by atoms with Crippen LogP contribution in [0.4, 0.5) is 0 Å². The molecule has 1 aromatic heterocycles. The van der Waals surface area contributed by atoms with E-state index in [4.69, 9.17) is 9.47 Å². The molecule has 0 aromatic carbocycles. The molecule has 0 spiro atoms. The molecule has 0 N–H and O–H groups in total. The first kappa shape index (κ1) is 9.52. The molecule has 0 radical (unpaired) electrons. The molecule has 0 bridgehead atoms. The Kier molecular flexibility index (Phi) is 2.57. The van der Waals surface area contributed by atoms with Crippen molar-refractivity contribution in [3.63, 3.8) is 0 Å². The van der Waals surface area contributed by atoms with E-state index in [2.05, 4.69) is 0 Å². The molecular weight excluding hydrogens is 208 g/mol. The van der Waals surface area contributed by atoms with Crippen LogP contribution >= 0.6 is 11.3 Å². The molecule has 2 atom stereocenters. The first-order valence-electron chi connectivity index (χ1n) is 5.83. The number of hydrogen-bond acceptors (Lipinski definition) is 3. The van der Waals surface area contributed by atoms with Gasteiger partial charge in [0.25, 0.3) is 0 Å². The maximum absolute atomic E-state index is 6.00. The van der Waals surface area contributed by atoms with Gasteiger partial charge < -0.3 is 9.47 Å². The van der Waals surface area contributed by atoms with Crippen molar-refractivity contribution in [3.8, 4) is 11.5 Å². The Morgan fingerprint density at radius 2 is 1.40 bits per heavy atom. The fraction of sp³-hybridized carbons (Fsp3) is 0.667. The average molecular weight is 224 g/mol. The molecule has 2 heterocycles. The van der Waals surface area contributed by atoms with Crippen molar-refractivity contribution >= 4 is 11.3 Å². The van der Waals surface area contributed by atoms with Crippen LogP contribution in [-0.4, -0.2) is 12.2 Å². The fourth-order valence-corrected chi connectivity index (χ4v) is 3.12. The molecule has 2 nitrogen and oxygen atoms in total. The van der Waals surface area contributed by atoms with Crippen molar-refractivity contribution in [2.75, 3.05) is 0 Å². The van der Waals surface area contributed by atoms with Crippen molar-refractivity contribution in [3.05, 3.63) is 10.8 Å². The molecule has 3 rings (SSSR count). The van der Waals surface area contributed by atoms with Crippen molar-refractivity contribution in [1.82, 2.24) is 0 Å². The normalized spacial score (nSPS) is 30.1. The summed E-state index contributed by atoms with van der Waals surface area (Å²) in [5.74, 6) is 1.92. The van der Waals surface area contributed by atoms with Crippen LogP contribution in [0.25, 0.3) is 0 Å². The minimum Gasteiger partial charge on any atom is -0.482 e. The van der Waals surface area contributed by atoms with E-state index >= 15 is 0 Å². The predicted octanol–water partition coefficient (Wildman–Crippen LogP) is 3.61. The van der Waals surface area contributed by atoms with E-state index in [-0.39, 0.29) is 0 Å². The Balaban J connectivity index is 1.80. The lowest BCUT2D eigenvalue weighted by atomic mass is 9.95. The SMILES string of the molecule is c1scc2c1OC1CCCCCCC1O2. The Labute approximate surface area is 94.2 Å². The van der Waals surface area contributed by atoms with Crippen LogP contribution < -0.4 is 9.47 Å². The lowest BCUT2D eigenvalue weighted by molar-refractivity contribution is 0.00600. The van der Waals surface area contributed by atoms with Gasteiger partial charge in [-0.1, -0.05) is 12.8 Å². The van der Waals surface area contributed by atoms with E-state index in [9.17, 15) is 0 Å². The minimum absolute atomic E-state index is 0.299. The number of ether oxygens (including phenoxy) is 2. The topological polar surface area (TPSA) is 18.5 Å². The summed E-state index contributed by atoms with van der Waals surface area (Å²) in [5, 5.41) is 4.09. The molecule has 2 aliphatic rings. The van der Waals surface area contributed by atoms with Gasteiger partial charge in [-0.3, -0.25) is 0 Å². The lowest BCUT2D eigenvalue weighted by Crippen LogP contribution is -2.40. The van der Waals surface area contributed by atoms with E-state index in [1.807, 2.05) is 10.8 Å². The zero-order valence-corrected chi connectivity index (χ0v) is 9.59. The molecule has 15 heavy (non-hydrogen) atoms. The highest BCUT2D eigenvalue weighted by Gasteiger charge is 2.32. The van der Waals surface area contributed by atoms with Crippen molar-refractivity contribution in [2.24, 2.45) is 0 Å².